The fraction of sp³-hybridized carbons (Fsp3) is 0.300. The molecule has 0 bridgehead atoms. The lowest BCUT2D eigenvalue weighted by Crippen LogP contribution is -2.30. The molecule has 0 radical (unpaired) electrons. The van der Waals surface area contributed by atoms with E-state index in [4.69, 9.17) is 0 Å². The normalized spacial score (nSPS) is 14.6. The molecule has 0 unspecified atom stereocenters. The first kappa shape index (κ1) is 15.1. The molecule has 4 heteroatoms. The minimum Gasteiger partial charge on any atom is -0.293 e. The Balaban J connectivity index is 1.58. The Kier molecular flexibility index (Phi) is 3.90. The summed E-state index contributed by atoms with van der Waals surface area (Å²) >= 11 is 0. The Bertz CT molecular complexity index is 845. The summed E-state index contributed by atoms with van der Waals surface area (Å²) in [5.41, 5.74) is 6.18. The van der Waals surface area contributed by atoms with Crippen molar-refractivity contribution in [2.75, 3.05) is 6.54 Å². The molecule has 24 heavy (non-hydrogen) atoms. The lowest BCUT2D eigenvalue weighted by Gasteiger charge is -2.28. The van der Waals surface area contributed by atoms with E-state index >= 15 is 0 Å². The molecule has 0 atom stereocenters. The zero-order valence-electron chi connectivity index (χ0n) is 14.2. The Labute approximate surface area is 142 Å². The van der Waals surface area contributed by atoms with E-state index in [-0.39, 0.29) is 0 Å². The SMILES string of the molecule is Cc1cc(C)nc(-n2cccc2CN2CCc3ccccc3C2)n1. The molecule has 2 aromatic heterocycles. The molecule has 0 saturated heterocycles. The molecule has 4 nitrogen and oxygen atoms in total. The van der Waals surface area contributed by atoms with Crippen LogP contribution in [0.15, 0.2) is 48.7 Å². The molecule has 3 aromatic rings. The maximum atomic E-state index is 4.60. The zero-order chi connectivity index (χ0) is 16.5. The van der Waals surface area contributed by atoms with E-state index in [1.54, 1.807) is 0 Å². The van der Waals surface area contributed by atoms with Crippen LogP contribution in [0.25, 0.3) is 5.95 Å². The molecule has 1 aliphatic rings. The van der Waals surface area contributed by atoms with Crippen molar-refractivity contribution in [2.24, 2.45) is 0 Å². The van der Waals surface area contributed by atoms with Crippen LogP contribution in [0.5, 0.6) is 0 Å². The number of nitrogens with zero attached hydrogens (tertiary/aromatic N) is 4. The van der Waals surface area contributed by atoms with Crippen molar-refractivity contribution in [3.63, 3.8) is 0 Å². The van der Waals surface area contributed by atoms with E-state index in [2.05, 4.69) is 62.0 Å². The van der Waals surface area contributed by atoms with Gasteiger partial charge in [0.25, 0.3) is 0 Å². The molecule has 0 N–H and O–H groups in total. The summed E-state index contributed by atoms with van der Waals surface area (Å²) < 4.78 is 2.11. The van der Waals surface area contributed by atoms with Gasteiger partial charge in [-0.05, 0) is 49.6 Å². The minimum absolute atomic E-state index is 0.768. The van der Waals surface area contributed by atoms with Gasteiger partial charge in [-0.15, -0.1) is 0 Å². The molecule has 3 heterocycles. The molecule has 1 aliphatic heterocycles. The van der Waals surface area contributed by atoms with Crippen LogP contribution in [-0.4, -0.2) is 26.0 Å². The fourth-order valence-corrected chi connectivity index (χ4v) is 3.47. The van der Waals surface area contributed by atoms with Crippen LogP contribution >= 0.6 is 0 Å². The molecule has 0 saturated carbocycles. The molecule has 1 aromatic carbocycles. The summed E-state index contributed by atoms with van der Waals surface area (Å²) in [6, 6.07) is 15.0. The van der Waals surface area contributed by atoms with Crippen molar-refractivity contribution in [3.05, 3.63) is 76.9 Å². The second-order valence-corrected chi connectivity index (χ2v) is 6.55. The summed E-state index contributed by atoms with van der Waals surface area (Å²) in [6.45, 7) is 7.05. The highest BCUT2D eigenvalue weighted by Crippen LogP contribution is 2.21. The number of benzene rings is 1. The molecular weight excluding hydrogens is 296 g/mol. The van der Waals surface area contributed by atoms with Gasteiger partial charge in [0.05, 0.1) is 0 Å². The van der Waals surface area contributed by atoms with Crippen molar-refractivity contribution < 1.29 is 0 Å². The number of fused-ring (bicyclic) bond motifs is 1. The average Bonchev–Trinajstić information content (AvgIpc) is 3.02. The third kappa shape index (κ3) is 2.97. The highest BCUT2D eigenvalue weighted by Gasteiger charge is 2.17. The van der Waals surface area contributed by atoms with Crippen molar-refractivity contribution in [3.8, 4) is 5.95 Å². The quantitative estimate of drug-likeness (QED) is 0.742. The van der Waals surface area contributed by atoms with Gasteiger partial charge in [0.15, 0.2) is 0 Å². The monoisotopic (exact) mass is 318 g/mol. The van der Waals surface area contributed by atoms with Gasteiger partial charge >= 0.3 is 0 Å². The van der Waals surface area contributed by atoms with E-state index in [9.17, 15) is 0 Å². The molecule has 122 valence electrons. The summed E-state index contributed by atoms with van der Waals surface area (Å²) in [6.07, 6.45) is 3.18. The topological polar surface area (TPSA) is 34.0 Å². The number of rotatable bonds is 3. The van der Waals surface area contributed by atoms with Gasteiger partial charge in [-0.25, -0.2) is 9.97 Å². The molecular formula is C20H22N4. The predicted molar refractivity (Wildman–Crippen MR) is 95.1 cm³/mol. The highest BCUT2D eigenvalue weighted by molar-refractivity contribution is 5.30. The van der Waals surface area contributed by atoms with Gasteiger partial charge < -0.3 is 0 Å². The zero-order valence-corrected chi connectivity index (χ0v) is 14.2. The summed E-state index contributed by atoms with van der Waals surface area (Å²) in [7, 11) is 0. The predicted octanol–water partition coefficient (Wildman–Crippen LogP) is 3.44. The van der Waals surface area contributed by atoms with E-state index < -0.39 is 0 Å². The minimum atomic E-state index is 0.768. The summed E-state index contributed by atoms with van der Waals surface area (Å²) in [5, 5.41) is 0. The van der Waals surface area contributed by atoms with Gasteiger partial charge in [0.1, 0.15) is 0 Å². The third-order valence-corrected chi connectivity index (χ3v) is 4.61. The van der Waals surface area contributed by atoms with Gasteiger partial charge in [-0.1, -0.05) is 24.3 Å². The van der Waals surface area contributed by atoms with E-state index in [0.717, 1.165) is 43.4 Å². The van der Waals surface area contributed by atoms with Crippen LogP contribution in [0.4, 0.5) is 0 Å². The van der Waals surface area contributed by atoms with Crippen molar-refractivity contribution in [1.82, 2.24) is 19.4 Å². The molecule has 0 amide bonds. The first-order chi connectivity index (χ1) is 11.7. The standard InChI is InChI=1S/C20H22N4/c1-15-12-16(2)22-20(21-15)24-10-5-8-19(24)14-23-11-9-17-6-3-4-7-18(17)13-23/h3-8,10,12H,9,11,13-14H2,1-2H3. The van der Waals surface area contributed by atoms with Crippen LogP contribution in [0, 0.1) is 13.8 Å². The number of hydrogen-bond acceptors (Lipinski definition) is 3. The average molecular weight is 318 g/mol. The van der Waals surface area contributed by atoms with Gasteiger partial charge in [0, 0.05) is 42.9 Å². The summed E-state index contributed by atoms with van der Waals surface area (Å²) in [4.78, 5) is 11.7. The lowest BCUT2D eigenvalue weighted by atomic mass is 10.00. The maximum absolute atomic E-state index is 4.60. The van der Waals surface area contributed by atoms with E-state index in [0.29, 0.717) is 0 Å². The van der Waals surface area contributed by atoms with E-state index in [1.165, 1.54) is 16.8 Å². The number of aromatic nitrogens is 3. The number of hydrogen-bond donors (Lipinski definition) is 0. The molecule has 0 fully saturated rings. The first-order valence-corrected chi connectivity index (χ1v) is 8.47. The van der Waals surface area contributed by atoms with E-state index in [1.807, 2.05) is 19.9 Å². The smallest absolute Gasteiger partial charge is 0.234 e. The van der Waals surface area contributed by atoms with Crippen LogP contribution < -0.4 is 0 Å². The Morgan fingerprint density at radius 2 is 1.71 bits per heavy atom. The molecule has 4 rings (SSSR count). The second kappa shape index (κ2) is 6.21. The number of aryl methyl sites for hydroxylation is 2. The van der Waals surface area contributed by atoms with Crippen LogP contribution in [0.3, 0.4) is 0 Å². The molecule has 0 spiro atoms. The van der Waals surface area contributed by atoms with Gasteiger partial charge in [0.2, 0.25) is 5.95 Å². The van der Waals surface area contributed by atoms with Crippen LogP contribution in [0.2, 0.25) is 0 Å². The molecule has 0 aliphatic carbocycles. The third-order valence-electron chi connectivity index (χ3n) is 4.61. The van der Waals surface area contributed by atoms with Crippen molar-refractivity contribution in [2.45, 2.75) is 33.4 Å². The Morgan fingerprint density at radius 3 is 2.50 bits per heavy atom. The van der Waals surface area contributed by atoms with Crippen molar-refractivity contribution >= 4 is 0 Å². The van der Waals surface area contributed by atoms with Gasteiger partial charge in [-0.2, -0.15) is 0 Å². The highest BCUT2D eigenvalue weighted by atomic mass is 15.2. The fourth-order valence-electron chi connectivity index (χ4n) is 3.47. The Morgan fingerprint density at radius 1 is 0.958 bits per heavy atom. The Hall–Kier alpha value is -2.46. The maximum Gasteiger partial charge on any atom is 0.234 e. The van der Waals surface area contributed by atoms with Crippen LogP contribution in [0.1, 0.15) is 28.2 Å². The summed E-state index contributed by atoms with van der Waals surface area (Å²) in [5.74, 6) is 0.768. The van der Waals surface area contributed by atoms with Crippen molar-refractivity contribution in [1.29, 1.82) is 0 Å². The van der Waals surface area contributed by atoms with Gasteiger partial charge in [-0.3, -0.25) is 9.47 Å². The van der Waals surface area contributed by atoms with Crippen LogP contribution in [-0.2, 0) is 19.5 Å². The first-order valence-electron chi connectivity index (χ1n) is 8.47. The largest absolute Gasteiger partial charge is 0.293 e. The second-order valence-electron chi connectivity index (χ2n) is 6.55. The lowest BCUT2D eigenvalue weighted by molar-refractivity contribution is 0.241.